The van der Waals surface area contributed by atoms with Gasteiger partial charge in [0.05, 0.1) is 0 Å². The van der Waals surface area contributed by atoms with Gasteiger partial charge >= 0.3 is 0 Å². The lowest BCUT2D eigenvalue weighted by molar-refractivity contribution is 0.134. The molecule has 0 aliphatic carbocycles. The fraction of sp³-hybridized carbons (Fsp3) is 0.524. The highest BCUT2D eigenvalue weighted by molar-refractivity contribution is 5.47. The van der Waals surface area contributed by atoms with Gasteiger partial charge in [0.2, 0.25) is 0 Å². The Morgan fingerprint density at radius 2 is 2.04 bits per heavy atom. The predicted octanol–water partition coefficient (Wildman–Crippen LogP) is 2.95. The van der Waals surface area contributed by atoms with Gasteiger partial charge in [-0.1, -0.05) is 31.5 Å². The van der Waals surface area contributed by atoms with Gasteiger partial charge in [-0.25, -0.2) is 14.4 Å². The first-order valence-electron chi connectivity index (χ1n) is 9.78. The molecule has 0 bridgehead atoms. The van der Waals surface area contributed by atoms with Crippen LogP contribution in [-0.2, 0) is 13.0 Å². The maximum atomic E-state index is 14.1. The molecule has 0 spiro atoms. The van der Waals surface area contributed by atoms with Crippen LogP contribution in [0.25, 0.3) is 0 Å². The lowest BCUT2D eigenvalue weighted by atomic mass is 10.1. The van der Waals surface area contributed by atoms with Crippen molar-refractivity contribution in [3.05, 3.63) is 53.2 Å². The first kappa shape index (κ1) is 19.7. The number of nitrogens with zero attached hydrogens (tertiary/aromatic N) is 4. The molecule has 3 rings (SSSR count). The molecule has 1 N–H and O–H groups in total. The number of halogens is 1. The van der Waals surface area contributed by atoms with Gasteiger partial charge in [-0.05, 0) is 25.8 Å². The zero-order valence-electron chi connectivity index (χ0n) is 16.2. The first-order valence-corrected chi connectivity index (χ1v) is 9.78. The van der Waals surface area contributed by atoms with Crippen LogP contribution in [0.1, 0.15) is 36.7 Å². The van der Waals surface area contributed by atoms with Crippen molar-refractivity contribution in [1.82, 2.24) is 14.9 Å². The Bertz CT molecular complexity index is 755. The average Bonchev–Trinajstić information content (AvgIpc) is 2.67. The summed E-state index contributed by atoms with van der Waals surface area (Å²) < 4.78 is 14.1. The number of piperazine rings is 1. The molecule has 0 amide bonds. The summed E-state index contributed by atoms with van der Waals surface area (Å²) in [6.07, 6.45) is 4.61. The van der Waals surface area contributed by atoms with Crippen molar-refractivity contribution in [3.8, 4) is 0 Å². The van der Waals surface area contributed by atoms with Gasteiger partial charge < -0.3 is 10.0 Å². The quantitative estimate of drug-likeness (QED) is 0.810. The van der Waals surface area contributed by atoms with E-state index >= 15 is 0 Å². The Morgan fingerprint density at radius 1 is 1.22 bits per heavy atom. The summed E-state index contributed by atoms with van der Waals surface area (Å²) in [6, 6.07) is 7.09. The minimum atomic E-state index is -0.167. The van der Waals surface area contributed by atoms with Gasteiger partial charge in [0.1, 0.15) is 17.5 Å². The molecule has 146 valence electrons. The van der Waals surface area contributed by atoms with E-state index in [0.717, 1.165) is 44.1 Å². The van der Waals surface area contributed by atoms with E-state index in [2.05, 4.69) is 21.7 Å². The molecule has 2 aromatic rings. The number of benzene rings is 1. The predicted molar refractivity (Wildman–Crippen MR) is 105 cm³/mol. The fourth-order valence-electron chi connectivity index (χ4n) is 3.76. The molecule has 1 aliphatic heterocycles. The van der Waals surface area contributed by atoms with Crippen molar-refractivity contribution in [2.24, 2.45) is 0 Å². The zero-order valence-corrected chi connectivity index (χ0v) is 16.2. The van der Waals surface area contributed by atoms with Gasteiger partial charge in [0.25, 0.3) is 0 Å². The van der Waals surface area contributed by atoms with E-state index in [1.54, 1.807) is 6.07 Å². The highest BCUT2D eigenvalue weighted by atomic mass is 19.1. The monoisotopic (exact) mass is 372 g/mol. The minimum absolute atomic E-state index is 0.122. The first-order chi connectivity index (χ1) is 13.1. The van der Waals surface area contributed by atoms with Crippen LogP contribution in [0.5, 0.6) is 0 Å². The number of hydrogen-bond donors (Lipinski definition) is 1. The highest BCUT2D eigenvalue weighted by Gasteiger charge is 2.29. The Labute approximate surface area is 160 Å². The molecule has 5 nitrogen and oxygen atoms in total. The molecule has 2 heterocycles. The van der Waals surface area contributed by atoms with Crippen molar-refractivity contribution in [2.45, 2.75) is 45.7 Å². The maximum absolute atomic E-state index is 14.1. The highest BCUT2D eigenvalue weighted by Crippen LogP contribution is 2.25. The van der Waals surface area contributed by atoms with Crippen LogP contribution in [0.4, 0.5) is 10.2 Å². The third kappa shape index (κ3) is 4.82. The Morgan fingerprint density at radius 3 is 2.78 bits per heavy atom. The zero-order chi connectivity index (χ0) is 19.2. The SMILES string of the molecule is CCCc1cnc(C)nc1N1CCN(Cc2ccccc2F)C(CCO)C1. The summed E-state index contributed by atoms with van der Waals surface area (Å²) in [5, 5.41) is 9.55. The molecule has 1 unspecified atom stereocenters. The smallest absolute Gasteiger partial charge is 0.135 e. The van der Waals surface area contributed by atoms with Crippen LogP contribution in [0.15, 0.2) is 30.5 Å². The second kappa shape index (κ2) is 9.24. The molecule has 1 fully saturated rings. The molecular formula is C21H29FN4O. The van der Waals surface area contributed by atoms with E-state index in [1.165, 1.54) is 11.6 Å². The summed E-state index contributed by atoms with van der Waals surface area (Å²) in [6.45, 7) is 7.19. The van der Waals surface area contributed by atoms with Crippen LogP contribution in [0.3, 0.4) is 0 Å². The molecule has 0 radical (unpaired) electrons. The maximum Gasteiger partial charge on any atom is 0.135 e. The number of aromatic nitrogens is 2. The van der Waals surface area contributed by atoms with E-state index in [9.17, 15) is 9.50 Å². The number of aliphatic hydroxyl groups excluding tert-OH is 1. The van der Waals surface area contributed by atoms with E-state index in [1.807, 2.05) is 25.3 Å². The van der Waals surface area contributed by atoms with Crippen molar-refractivity contribution < 1.29 is 9.50 Å². The number of rotatable bonds is 7. The second-order valence-corrected chi connectivity index (χ2v) is 7.19. The second-order valence-electron chi connectivity index (χ2n) is 7.19. The standard InChI is InChI=1S/C21H29FN4O/c1-3-6-17-13-23-16(2)24-21(17)26-11-10-25(19(15-26)9-12-27)14-18-7-4-5-8-20(18)22/h4-5,7-8,13,19,27H,3,6,9-12,14-15H2,1-2H3. The van der Waals surface area contributed by atoms with E-state index in [4.69, 9.17) is 4.98 Å². The van der Waals surface area contributed by atoms with Gasteiger partial charge in [0, 0.05) is 56.2 Å². The lowest BCUT2D eigenvalue weighted by Crippen LogP contribution is -2.53. The van der Waals surface area contributed by atoms with Crippen LogP contribution in [0.2, 0.25) is 0 Å². The van der Waals surface area contributed by atoms with Crippen LogP contribution >= 0.6 is 0 Å². The Hall–Kier alpha value is -2.05. The van der Waals surface area contributed by atoms with Crippen molar-refractivity contribution in [3.63, 3.8) is 0 Å². The van der Waals surface area contributed by atoms with Crippen molar-refractivity contribution in [1.29, 1.82) is 0 Å². The molecular weight excluding hydrogens is 343 g/mol. The van der Waals surface area contributed by atoms with Gasteiger partial charge in [0.15, 0.2) is 0 Å². The summed E-state index contributed by atoms with van der Waals surface area (Å²) in [7, 11) is 0. The van der Waals surface area contributed by atoms with Gasteiger partial charge in [-0.2, -0.15) is 0 Å². The normalized spacial score (nSPS) is 18.1. The minimum Gasteiger partial charge on any atom is -0.396 e. The summed E-state index contributed by atoms with van der Waals surface area (Å²) in [5.74, 6) is 1.62. The average molecular weight is 372 g/mol. The number of hydrogen-bond acceptors (Lipinski definition) is 5. The molecule has 1 saturated heterocycles. The number of aryl methyl sites for hydroxylation is 2. The molecule has 1 atom stereocenters. The summed E-state index contributed by atoms with van der Waals surface area (Å²) >= 11 is 0. The van der Waals surface area contributed by atoms with Crippen LogP contribution in [0, 0.1) is 12.7 Å². The van der Waals surface area contributed by atoms with E-state index in [-0.39, 0.29) is 18.5 Å². The van der Waals surface area contributed by atoms with Crippen LogP contribution < -0.4 is 4.90 Å². The van der Waals surface area contributed by atoms with Crippen molar-refractivity contribution >= 4 is 5.82 Å². The third-order valence-corrected chi connectivity index (χ3v) is 5.18. The van der Waals surface area contributed by atoms with E-state index in [0.29, 0.717) is 18.5 Å². The summed E-state index contributed by atoms with van der Waals surface area (Å²) in [5.41, 5.74) is 1.88. The van der Waals surface area contributed by atoms with E-state index < -0.39 is 0 Å². The molecule has 6 heteroatoms. The Kier molecular flexibility index (Phi) is 6.74. The molecule has 1 aromatic heterocycles. The fourth-order valence-corrected chi connectivity index (χ4v) is 3.76. The molecule has 27 heavy (non-hydrogen) atoms. The molecule has 0 saturated carbocycles. The van der Waals surface area contributed by atoms with Crippen molar-refractivity contribution in [2.75, 3.05) is 31.1 Å². The van der Waals surface area contributed by atoms with Gasteiger partial charge in [-0.3, -0.25) is 4.90 Å². The molecule has 1 aromatic carbocycles. The third-order valence-electron chi connectivity index (χ3n) is 5.18. The largest absolute Gasteiger partial charge is 0.396 e. The topological polar surface area (TPSA) is 52.5 Å². The van der Waals surface area contributed by atoms with Crippen LogP contribution in [-0.4, -0.2) is 52.3 Å². The van der Waals surface area contributed by atoms with Gasteiger partial charge in [-0.15, -0.1) is 0 Å². The number of aliphatic hydroxyl groups is 1. The summed E-state index contributed by atoms with van der Waals surface area (Å²) in [4.78, 5) is 13.6. The lowest BCUT2D eigenvalue weighted by Gasteiger charge is -2.42. The molecule has 1 aliphatic rings. The Balaban J connectivity index is 1.78. The number of anilines is 1.